The van der Waals surface area contributed by atoms with Gasteiger partial charge in [-0.2, -0.15) is 0 Å². The third-order valence-corrected chi connectivity index (χ3v) is 6.83. The molecule has 0 saturated carbocycles. The fourth-order valence-electron chi connectivity index (χ4n) is 2.54. The van der Waals surface area contributed by atoms with Crippen LogP contribution in [0.2, 0.25) is 0 Å². The van der Waals surface area contributed by atoms with Gasteiger partial charge in [0.25, 0.3) is 11.8 Å². The molecule has 2 rings (SSSR count). The number of carbonyl (C=O) groups is 3. The molecule has 28 heavy (non-hydrogen) atoms. The Kier molecular flexibility index (Phi) is 5.59. The van der Waals surface area contributed by atoms with E-state index in [0.717, 1.165) is 6.26 Å². The van der Waals surface area contributed by atoms with Gasteiger partial charge in [0.1, 0.15) is 12.1 Å². The molecule has 1 aromatic rings. The van der Waals surface area contributed by atoms with Crippen molar-refractivity contribution in [2.45, 2.75) is 26.4 Å². The van der Waals surface area contributed by atoms with Gasteiger partial charge in [0.15, 0.2) is 14.9 Å². The van der Waals surface area contributed by atoms with E-state index >= 15 is 0 Å². The lowest BCUT2D eigenvalue weighted by Gasteiger charge is -2.21. The third-order valence-electron chi connectivity index (χ3n) is 3.34. The van der Waals surface area contributed by atoms with Gasteiger partial charge in [-0.3, -0.25) is 24.0 Å². The van der Waals surface area contributed by atoms with Crippen molar-refractivity contribution in [3.63, 3.8) is 0 Å². The summed E-state index contributed by atoms with van der Waals surface area (Å²) in [5, 5.41) is -1.19. The zero-order valence-corrected chi connectivity index (χ0v) is 17.3. The minimum atomic E-state index is -4.33. The molecular formula is C16H20N2O8S2. The van der Waals surface area contributed by atoms with Crippen LogP contribution in [0.1, 0.15) is 41.5 Å². The van der Waals surface area contributed by atoms with Crippen molar-refractivity contribution in [3.05, 3.63) is 29.3 Å². The van der Waals surface area contributed by atoms with Crippen molar-refractivity contribution in [3.8, 4) is 0 Å². The van der Waals surface area contributed by atoms with E-state index < -0.39 is 54.9 Å². The number of esters is 1. The van der Waals surface area contributed by atoms with E-state index in [1.807, 2.05) is 4.72 Å². The standard InChI is InChI=1S/C16H20N2O8S2/c1-16(2,3)26-12(19)8-18-14(20)10-6-5-7-11(13(10)15(18)21)17-28(24,25)9-27(4,22)23/h5-7,17H,8-9H2,1-4H3. The number of nitrogens with zero attached hydrogens (tertiary/aromatic N) is 1. The molecule has 1 aromatic carbocycles. The first-order valence-corrected chi connectivity index (χ1v) is 11.7. The maximum absolute atomic E-state index is 12.6. The zero-order chi connectivity index (χ0) is 21.5. The summed E-state index contributed by atoms with van der Waals surface area (Å²) >= 11 is 0. The molecule has 0 spiro atoms. The van der Waals surface area contributed by atoms with E-state index in [9.17, 15) is 31.2 Å². The molecule has 154 valence electrons. The Labute approximate surface area is 162 Å². The fourth-order valence-corrected chi connectivity index (χ4v) is 5.54. The molecule has 1 N–H and O–H groups in total. The van der Waals surface area contributed by atoms with Gasteiger partial charge in [0.05, 0.1) is 16.8 Å². The van der Waals surface area contributed by atoms with Crippen LogP contribution in [0.3, 0.4) is 0 Å². The molecule has 1 heterocycles. The van der Waals surface area contributed by atoms with Crippen LogP contribution in [0.25, 0.3) is 0 Å². The highest BCUT2D eigenvalue weighted by atomic mass is 32.3. The largest absolute Gasteiger partial charge is 0.459 e. The number of imide groups is 1. The van der Waals surface area contributed by atoms with Crippen molar-refractivity contribution in [2.24, 2.45) is 0 Å². The van der Waals surface area contributed by atoms with Gasteiger partial charge in [-0.05, 0) is 32.9 Å². The van der Waals surface area contributed by atoms with Crippen molar-refractivity contribution >= 4 is 43.3 Å². The number of fused-ring (bicyclic) bond motifs is 1. The van der Waals surface area contributed by atoms with Gasteiger partial charge >= 0.3 is 5.97 Å². The number of amides is 2. The minimum Gasteiger partial charge on any atom is -0.459 e. The number of nitrogens with one attached hydrogen (secondary N) is 1. The van der Waals surface area contributed by atoms with Crippen LogP contribution in [0.5, 0.6) is 0 Å². The summed E-state index contributed by atoms with van der Waals surface area (Å²) < 4.78 is 53.8. The Balaban J connectivity index is 2.33. The SMILES string of the molecule is CC(C)(C)OC(=O)CN1C(=O)c2cccc(NS(=O)(=O)CS(C)(=O)=O)c2C1=O. The molecule has 0 fully saturated rings. The number of benzene rings is 1. The Morgan fingerprint density at radius 2 is 1.71 bits per heavy atom. The van der Waals surface area contributed by atoms with Gasteiger partial charge in [-0.25, -0.2) is 16.8 Å². The smallest absolute Gasteiger partial charge is 0.326 e. The molecule has 0 aliphatic carbocycles. The van der Waals surface area contributed by atoms with Crippen molar-refractivity contribution in [1.29, 1.82) is 0 Å². The van der Waals surface area contributed by atoms with Gasteiger partial charge in [-0.15, -0.1) is 0 Å². The van der Waals surface area contributed by atoms with Crippen LogP contribution in [-0.2, 0) is 29.4 Å². The molecule has 10 nitrogen and oxygen atoms in total. The van der Waals surface area contributed by atoms with E-state index in [1.54, 1.807) is 20.8 Å². The monoisotopic (exact) mass is 432 g/mol. The molecule has 0 saturated heterocycles. The number of hydrogen-bond donors (Lipinski definition) is 1. The first kappa shape index (κ1) is 21.8. The van der Waals surface area contributed by atoms with Gasteiger partial charge < -0.3 is 4.74 Å². The average molecular weight is 432 g/mol. The summed E-state index contributed by atoms with van der Waals surface area (Å²) in [7, 11) is -8.19. The van der Waals surface area contributed by atoms with Gasteiger partial charge in [0.2, 0.25) is 10.0 Å². The van der Waals surface area contributed by atoms with E-state index in [-0.39, 0.29) is 16.8 Å². The Morgan fingerprint density at radius 3 is 2.25 bits per heavy atom. The third kappa shape index (κ3) is 5.29. The number of ether oxygens (including phenoxy) is 1. The summed E-state index contributed by atoms with van der Waals surface area (Å²) in [5.74, 6) is -2.47. The van der Waals surface area contributed by atoms with E-state index in [0.29, 0.717) is 4.90 Å². The molecule has 2 amide bonds. The summed E-state index contributed by atoms with van der Waals surface area (Å²) in [6, 6.07) is 3.86. The highest BCUT2D eigenvalue weighted by Gasteiger charge is 2.40. The molecule has 0 unspecified atom stereocenters. The number of sulfone groups is 1. The normalized spacial score (nSPS) is 14.8. The van der Waals surface area contributed by atoms with Crippen LogP contribution in [0.4, 0.5) is 5.69 Å². The van der Waals surface area contributed by atoms with Gasteiger partial charge in [0, 0.05) is 6.26 Å². The highest BCUT2D eigenvalue weighted by Crippen LogP contribution is 2.30. The summed E-state index contributed by atoms with van der Waals surface area (Å²) in [6.07, 6.45) is 0.749. The van der Waals surface area contributed by atoms with E-state index in [4.69, 9.17) is 4.74 Å². The fraction of sp³-hybridized carbons (Fsp3) is 0.438. The zero-order valence-electron chi connectivity index (χ0n) is 15.7. The van der Waals surface area contributed by atoms with Crippen LogP contribution in [0.15, 0.2) is 18.2 Å². The summed E-state index contributed by atoms with van der Waals surface area (Å²) in [6.45, 7) is 4.24. The second-order valence-electron chi connectivity index (χ2n) is 7.27. The van der Waals surface area contributed by atoms with Gasteiger partial charge in [-0.1, -0.05) is 6.07 Å². The Bertz CT molecular complexity index is 1050. The number of hydrogen-bond acceptors (Lipinski definition) is 8. The summed E-state index contributed by atoms with van der Waals surface area (Å²) in [5.41, 5.74) is -1.42. The van der Waals surface area contributed by atoms with E-state index in [2.05, 4.69) is 0 Å². The highest BCUT2D eigenvalue weighted by molar-refractivity contribution is 8.08. The lowest BCUT2D eigenvalue weighted by molar-refractivity contribution is -0.155. The number of anilines is 1. The topological polar surface area (TPSA) is 144 Å². The maximum atomic E-state index is 12.6. The predicted octanol–water partition coefficient (Wildman–Crippen LogP) is 0.368. The lowest BCUT2D eigenvalue weighted by atomic mass is 10.1. The van der Waals surface area contributed by atoms with Crippen LogP contribution in [-0.4, -0.2) is 63.0 Å². The second-order valence-corrected chi connectivity index (χ2v) is 11.5. The first-order valence-electron chi connectivity index (χ1n) is 7.99. The number of rotatable bonds is 6. The quantitative estimate of drug-likeness (QED) is 0.501. The molecule has 1 aliphatic rings. The van der Waals surface area contributed by atoms with Crippen LogP contribution in [0, 0.1) is 0 Å². The van der Waals surface area contributed by atoms with E-state index in [1.165, 1.54) is 18.2 Å². The molecule has 0 bridgehead atoms. The minimum absolute atomic E-state index is 0.104. The van der Waals surface area contributed by atoms with Crippen molar-refractivity contribution < 1.29 is 36.0 Å². The number of carbonyl (C=O) groups excluding carboxylic acids is 3. The average Bonchev–Trinajstić information content (AvgIpc) is 2.68. The maximum Gasteiger partial charge on any atom is 0.326 e. The first-order chi connectivity index (χ1) is 12.6. The second kappa shape index (κ2) is 7.17. The molecule has 0 aromatic heterocycles. The summed E-state index contributed by atoms with van der Waals surface area (Å²) in [4.78, 5) is 37.8. The Hall–Kier alpha value is -2.47. The molecule has 0 atom stereocenters. The lowest BCUT2D eigenvalue weighted by Crippen LogP contribution is -2.38. The molecule has 12 heteroatoms. The van der Waals surface area contributed by atoms with Crippen LogP contribution < -0.4 is 4.72 Å². The van der Waals surface area contributed by atoms with Crippen molar-refractivity contribution in [2.75, 3.05) is 22.6 Å². The van der Waals surface area contributed by atoms with Crippen molar-refractivity contribution in [1.82, 2.24) is 4.90 Å². The Morgan fingerprint density at radius 1 is 1.11 bits per heavy atom. The molecular weight excluding hydrogens is 412 g/mol. The predicted molar refractivity (Wildman–Crippen MR) is 99.9 cm³/mol. The molecule has 1 aliphatic heterocycles. The molecule has 0 radical (unpaired) electrons. The van der Waals surface area contributed by atoms with Crippen LogP contribution >= 0.6 is 0 Å². The number of sulfonamides is 1.